The monoisotopic (exact) mass is 718 g/mol. The Morgan fingerprint density at radius 1 is 0.608 bits per heavy atom. The number of rotatable bonds is 35. The molecule has 8 heteroatoms. The van der Waals surface area contributed by atoms with E-state index in [0.29, 0.717) is 12.8 Å². The Morgan fingerprint density at radius 3 is 1.65 bits per heavy atom. The maximum absolute atomic E-state index is 12.7. The third kappa shape index (κ3) is 32.9. The first-order chi connectivity index (χ1) is 24.6. The predicted molar refractivity (Wildman–Crippen MR) is 208 cm³/mol. The minimum absolute atomic E-state index is 0.0300. The molecule has 0 aliphatic carbocycles. The van der Waals surface area contributed by atoms with E-state index < -0.39 is 18.1 Å². The summed E-state index contributed by atoms with van der Waals surface area (Å²) in [4.78, 5) is 36.7. The Hall–Kier alpha value is -2.71. The molecule has 0 aliphatic rings. The molecule has 0 bridgehead atoms. The van der Waals surface area contributed by atoms with Crippen LogP contribution in [0.15, 0.2) is 48.6 Å². The second-order valence-corrected chi connectivity index (χ2v) is 14.5. The highest BCUT2D eigenvalue weighted by atomic mass is 16.6. The molecule has 2 unspecified atom stereocenters. The van der Waals surface area contributed by atoms with Crippen molar-refractivity contribution < 1.29 is 38.2 Å². The number of aliphatic carboxylic acids is 1. The van der Waals surface area contributed by atoms with Gasteiger partial charge in [0.15, 0.2) is 6.10 Å². The van der Waals surface area contributed by atoms with Gasteiger partial charge >= 0.3 is 11.9 Å². The highest BCUT2D eigenvalue weighted by molar-refractivity contribution is 5.70. The van der Waals surface area contributed by atoms with E-state index in [0.717, 1.165) is 89.9 Å². The molecule has 0 rings (SSSR count). The Balaban J connectivity index is 4.45. The Bertz CT molecular complexity index is 979. The van der Waals surface area contributed by atoms with E-state index >= 15 is 0 Å². The first kappa shape index (κ1) is 48.3. The second-order valence-electron chi connectivity index (χ2n) is 14.5. The number of ether oxygens (including phenoxy) is 3. The van der Waals surface area contributed by atoms with Gasteiger partial charge in [-0.15, -0.1) is 0 Å². The molecule has 51 heavy (non-hydrogen) atoms. The van der Waals surface area contributed by atoms with Crippen molar-refractivity contribution in [2.24, 2.45) is 0 Å². The molecule has 0 aliphatic heterocycles. The van der Waals surface area contributed by atoms with Crippen LogP contribution in [0.1, 0.15) is 155 Å². The fourth-order valence-corrected chi connectivity index (χ4v) is 5.55. The summed E-state index contributed by atoms with van der Waals surface area (Å²) in [6, 6.07) is -0.730. The third-order valence-corrected chi connectivity index (χ3v) is 8.70. The molecule has 0 saturated carbocycles. The molecule has 0 amide bonds. The van der Waals surface area contributed by atoms with Gasteiger partial charge in [-0.05, 0) is 70.6 Å². The molecule has 294 valence electrons. The lowest BCUT2D eigenvalue weighted by Gasteiger charge is -2.34. The summed E-state index contributed by atoms with van der Waals surface area (Å²) in [5.41, 5.74) is 0. The fraction of sp³-hybridized carbons (Fsp3) is 0.744. The van der Waals surface area contributed by atoms with Crippen LogP contribution in [0.3, 0.4) is 0 Å². The fourth-order valence-electron chi connectivity index (χ4n) is 5.55. The van der Waals surface area contributed by atoms with Crippen molar-refractivity contribution in [1.82, 2.24) is 0 Å². The van der Waals surface area contributed by atoms with Gasteiger partial charge in [-0.25, -0.2) is 0 Å². The van der Waals surface area contributed by atoms with Crippen molar-refractivity contribution in [1.29, 1.82) is 0 Å². The summed E-state index contributed by atoms with van der Waals surface area (Å²) in [5.74, 6) is -1.78. The number of carbonyl (C=O) groups is 3. The largest absolute Gasteiger partial charge is 0.544 e. The molecule has 0 saturated heterocycles. The summed E-state index contributed by atoms with van der Waals surface area (Å²) in [5, 5.41) is 11.6. The molecular weight excluding hydrogens is 642 g/mol. The molecule has 0 radical (unpaired) electrons. The average Bonchev–Trinajstić information content (AvgIpc) is 3.08. The van der Waals surface area contributed by atoms with Crippen LogP contribution in [0, 0.1) is 0 Å². The van der Waals surface area contributed by atoms with Gasteiger partial charge in [0.1, 0.15) is 12.6 Å². The Kier molecular flexibility index (Phi) is 32.6. The van der Waals surface area contributed by atoms with Crippen molar-refractivity contribution in [3.05, 3.63) is 48.6 Å². The summed E-state index contributed by atoms with van der Waals surface area (Å²) in [7, 11) is 5.39. The lowest BCUT2D eigenvalue weighted by Crippen LogP contribution is -2.55. The van der Waals surface area contributed by atoms with Crippen LogP contribution in [-0.4, -0.2) is 75.5 Å². The number of carbonyl (C=O) groups excluding carboxylic acids is 3. The smallest absolute Gasteiger partial charge is 0.306 e. The average molecular weight is 718 g/mol. The lowest BCUT2D eigenvalue weighted by molar-refractivity contribution is -0.889. The normalized spacial score (nSPS) is 13.5. The maximum Gasteiger partial charge on any atom is 0.306 e. The van der Waals surface area contributed by atoms with Gasteiger partial charge in [0.2, 0.25) is 0 Å². The first-order valence-corrected chi connectivity index (χ1v) is 20.2. The SMILES string of the molecule is CC/C=C\C/C=C\C/C=C\CCCCCCCC(=O)OC(COCCC(C(=O)[O-])[N+](C)(C)C)COC(=O)CCCCCCC/C=C\CCCCC. The molecule has 0 fully saturated rings. The zero-order valence-electron chi connectivity index (χ0n) is 33.3. The van der Waals surface area contributed by atoms with Gasteiger partial charge in [-0.1, -0.05) is 114 Å². The minimum atomic E-state index is -1.13. The van der Waals surface area contributed by atoms with E-state index in [1.807, 2.05) is 0 Å². The van der Waals surface area contributed by atoms with E-state index in [1.54, 1.807) is 21.1 Å². The lowest BCUT2D eigenvalue weighted by atomic mass is 10.1. The number of nitrogens with zero attached hydrogens (tertiary/aromatic N) is 1. The number of hydrogen-bond donors (Lipinski definition) is 0. The zero-order valence-corrected chi connectivity index (χ0v) is 33.3. The molecule has 2 atom stereocenters. The number of likely N-dealkylation sites (N-methyl/N-ethyl adjacent to an activating group) is 1. The summed E-state index contributed by atoms with van der Waals surface area (Å²) in [6.45, 7) is 4.48. The van der Waals surface area contributed by atoms with E-state index in [9.17, 15) is 19.5 Å². The standard InChI is InChI=1S/C43H75NO7/c1-6-8-10-12-14-16-18-20-21-22-24-26-28-30-32-34-42(46)51-39(37-49-36-35-40(43(47)48)44(3,4)5)38-50-41(45)33-31-29-27-25-23-19-17-15-13-11-9-7-2/h8,10,14-17,20-21,39-40H,6-7,9,11-13,18-19,22-38H2,1-5H3/b10-8-,16-14-,17-15-,21-20-. The van der Waals surface area contributed by atoms with Crippen LogP contribution in [-0.2, 0) is 28.6 Å². The Labute approximate surface area is 312 Å². The molecule has 0 aromatic heterocycles. The third-order valence-electron chi connectivity index (χ3n) is 8.70. The van der Waals surface area contributed by atoms with Crippen molar-refractivity contribution in [2.75, 3.05) is 41.0 Å². The number of carboxylic acid groups (broad SMARTS) is 1. The predicted octanol–water partition coefficient (Wildman–Crippen LogP) is 9.13. The molecule has 0 N–H and O–H groups in total. The summed E-state index contributed by atoms with van der Waals surface area (Å²) >= 11 is 0. The van der Waals surface area contributed by atoms with Gasteiger partial charge in [-0.3, -0.25) is 9.59 Å². The van der Waals surface area contributed by atoms with Gasteiger partial charge in [0.25, 0.3) is 0 Å². The van der Waals surface area contributed by atoms with Crippen molar-refractivity contribution in [2.45, 2.75) is 167 Å². The minimum Gasteiger partial charge on any atom is -0.544 e. The number of carboxylic acids is 1. The van der Waals surface area contributed by atoms with Crippen LogP contribution < -0.4 is 5.11 Å². The van der Waals surface area contributed by atoms with Crippen LogP contribution in [0.2, 0.25) is 0 Å². The van der Waals surface area contributed by atoms with E-state index in [1.165, 1.54) is 32.1 Å². The van der Waals surface area contributed by atoms with Gasteiger partial charge in [0, 0.05) is 19.3 Å². The highest BCUT2D eigenvalue weighted by Gasteiger charge is 2.25. The molecule has 0 heterocycles. The van der Waals surface area contributed by atoms with Crippen molar-refractivity contribution in [3.8, 4) is 0 Å². The topological polar surface area (TPSA) is 102 Å². The Morgan fingerprint density at radius 2 is 1.10 bits per heavy atom. The van der Waals surface area contributed by atoms with E-state index in [2.05, 4.69) is 62.5 Å². The van der Waals surface area contributed by atoms with Crippen LogP contribution in [0.25, 0.3) is 0 Å². The highest BCUT2D eigenvalue weighted by Crippen LogP contribution is 2.12. The van der Waals surface area contributed by atoms with Crippen molar-refractivity contribution >= 4 is 17.9 Å². The van der Waals surface area contributed by atoms with Crippen molar-refractivity contribution in [3.63, 3.8) is 0 Å². The first-order valence-electron chi connectivity index (χ1n) is 20.2. The zero-order chi connectivity index (χ0) is 37.8. The summed E-state index contributed by atoms with van der Waals surface area (Å²) < 4.78 is 17.1. The second kappa shape index (κ2) is 34.4. The number of allylic oxidation sites excluding steroid dienone is 8. The number of esters is 2. The molecule has 0 spiro atoms. The molecule has 8 nitrogen and oxygen atoms in total. The van der Waals surface area contributed by atoms with Crippen LogP contribution >= 0.6 is 0 Å². The van der Waals surface area contributed by atoms with Gasteiger partial charge in [-0.2, -0.15) is 0 Å². The van der Waals surface area contributed by atoms with Gasteiger partial charge < -0.3 is 28.6 Å². The molecular formula is C43H75NO7. The molecule has 0 aromatic carbocycles. The van der Waals surface area contributed by atoms with E-state index in [-0.39, 0.29) is 42.7 Å². The van der Waals surface area contributed by atoms with Crippen LogP contribution in [0.5, 0.6) is 0 Å². The van der Waals surface area contributed by atoms with E-state index in [4.69, 9.17) is 14.2 Å². The quantitative estimate of drug-likeness (QED) is 0.0279. The van der Waals surface area contributed by atoms with Crippen LogP contribution in [0.4, 0.5) is 0 Å². The number of unbranched alkanes of at least 4 members (excludes halogenated alkanes) is 13. The summed E-state index contributed by atoms with van der Waals surface area (Å²) in [6.07, 6.45) is 38.4. The number of quaternary nitrogens is 1. The number of hydrogen-bond acceptors (Lipinski definition) is 7. The van der Waals surface area contributed by atoms with Gasteiger partial charge in [0.05, 0.1) is 40.3 Å². The maximum atomic E-state index is 12.7. The molecule has 0 aromatic rings.